The van der Waals surface area contributed by atoms with Gasteiger partial charge in [-0.05, 0) is 36.0 Å². The summed E-state index contributed by atoms with van der Waals surface area (Å²) in [5, 5.41) is 0. The fourth-order valence-corrected chi connectivity index (χ4v) is 3.49. The van der Waals surface area contributed by atoms with Crippen LogP contribution >= 0.6 is 0 Å². The first-order valence-corrected chi connectivity index (χ1v) is 8.66. The third-order valence-electron chi connectivity index (χ3n) is 5.29. The molecule has 3 nitrogen and oxygen atoms in total. The van der Waals surface area contributed by atoms with Crippen molar-refractivity contribution in [3.8, 4) is 5.75 Å². The van der Waals surface area contributed by atoms with Crippen molar-refractivity contribution in [3.05, 3.63) is 23.8 Å². The molecular weight excluding hydrogens is 272 g/mol. The normalized spacial score (nSPS) is 20.8. The van der Waals surface area contributed by atoms with Crippen LogP contribution < -0.4 is 9.64 Å². The molecule has 2 fully saturated rings. The number of benzene rings is 1. The average molecular weight is 302 g/mol. The maximum absolute atomic E-state index is 5.69. The van der Waals surface area contributed by atoms with Gasteiger partial charge in [0.15, 0.2) is 0 Å². The van der Waals surface area contributed by atoms with E-state index < -0.39 is 0 Å². The summed E-state index contributed by atoms with van der Waals surface area (Å²) in [6.07, 6.45) is 4.24. The summed E-state index contributed by atoms with van der Waals surface area (Å²) in [5.41, 5.74) is 2.75. The maximum Gasteiger partial charge on any atom is 0.142 e. The summed E-state index contributed by atoms with van der Waals surface area (Å²) < 4.78 is 5.69. The fraction of sp³-hybridized carbons (Fsp3) is 0.684. The number of nitrogens with zero attached hydrogens (tertiary/aromatic N) is 2. The molecule has 3 rings (SSSR count). The molecule has 1 heterocycles. The first-order valence-electron chi connectivity index (χ1n) is 8.66. The zero-order valence-corrected chi connectivity index (χ0v) is 14.6. The molecule has 1 saturated carbocycles. The Bertz CT molecular complexity index is 509. The molecule has 0 unspecified atom stereocenters. The molecule has 122 valence electrons. The molecule has 1 aromatic carbocycles. The van der Waals surface area contributed by atoms with Crippen LogP contribution in [0.2, 0.25) is 0 Å². The maximum atomic E-state index is 5.69. The summed E-state index contributed by atoms with van der Waals surface area (Å²) in [7, 11) is 1.79. The van der Waals surface area contributed by atoms with Crippen LogP contribution in [0.3, 0.4) is 0 Å². The number of hydrogen-bond acceptors (Lipinski definition) is 3. The Morgan fingerprint density at radius 3 is 2.23 bits per heavy atom. The van der Waals surface area contributed by atoms with Gasteiger partial charge in [-0.2, -0.15) is 0 Å². The van der Waals surface area contributed by atoms with Crippen LogP contribution in [0, 0.1) is 0 Å². The van der Waals surface area contributed by atoms with Crippen molar-refractivity contribution in [3.63, 3.8) is 0 Å². The lowest BCUT2D eigenvalue weighted by molar-refractivity contribution is 0.120. The third kappa shape index (κ3) is 3.10. The summed E-state index contributed by atoms with van der Waals surface area (Å²) in [6, 6.07) is 7.59. The van der Waals surface area contributed by atoms with Gasteiger partial charge in [0.1, 0.15) is 5.75 Å². The van der Waals surface area contributed by atoms with E-state index in [1.54, 1.807) is 7.11 Å². The number of piperazine rings is 1. The van der Waals surface area contributed by atoms with Crippen molar-refractivity contribution in [1.29, 1.82) is 0 Å². The molecule has 0 aromatic heterocycles. The van der Waals surface area contributed by atoms with Gasteiger partial charge >= 0.3 is 0 Å². The molecule has 0 radical (unpaired) electrons. The molecule has 1 aliphatic carbocycles. The van der Waals surface area contributed by atoms with Gasteiger partial charge in [0.05, 0.1) is 12.8 Å². The van der Waals surface area contributed by atoms with Gasteiger partial charge < -0.3 is 9.64 Å². The van der Waals surface area contributed by atoms with Gasteiger partial charge in [-0.1, -0.05) is 33.3 Å². The van der Waals surface area contributed by atoms with E-state index >= 15 is 0 Å². The lowest BCUT2D eigenvalue weighted by Gasteiger charge is -2.43. The largest absolute Gasteiger partial charge is 0.495 e. The van der Waals surface area contributed by atoms with E-state index in [-0.39, 0.29) is 5.41 Å². The van der Waals surface area contributed by atoms with Crippen LogP contribution in [0.5, 0.6) is 5.75 Å². The number of ether oxygens (including phenoxy) is 1. The Hall–Kier alpha value is -1.22. The minimum atomic E-state index is 0.161. The second-order valence-electron chi connectivity index (χ2n) is 7.74. The first kappa shape index (κ1) is 15.7. The van der Waals surface area contributed by atoms with E-state index in [1.807, 2.05) is 0 Å². The highest BCUT2D eigenvalue weighted by Gasteiger charge is 2.28. The van der Waals surface area contributed by atoms with E-state index in [0.717, 1.165) is 24.9 Å². The van der Waals surface area contributed by atoms with E-state index in [9.17, 15) is 0 Å². The SMILES string of the molecule is COc1cc(C(C)(C)C)ccc1N1CCN(C2CCC2)CC1. The Labute approximate surface area is 135 Å². The molecule has 0 N–H and O–H groups in total. The molecule has 0 bridgehead atoms. The highest BCUT2D eigenvalue weighted by molar-refractivity contribution is 5.60. The monoisotopic (exact) mass is 302 g/mol. The minimum Gasteiger partial charge on any atom is -0.495 e. The standard InChI is InChI=1S/C19H30N2O/c1-19(2,3)15-8-9-17(18(14-15)22-4)21-12-10-20(11-13-21)16-6-5-7-16/h8-9,14,16H,5-7,10-13H2,1-4H3. The summed E-state index contributed by atoms with van der Waals surface area (Å²) in [5.74, 6) is 1.02. The van der Waals surface area contributed by atoms with Gasteiger partial charge in [-0.3, -0.25) is 4.90 Å². The van der Waals surface area contributed by atoms with E-state index in [1.165, 1.54) is 43.6 Å². The lowest BCUT2D eigenvalue weighted by Crippen LogP contribution is -2.52. The highest BCUT2D eigenvalue weighted by Crippen LogP contribution is 2.35. The van der Waals surface area contributed by atoms with E-state index in [0.29, 0.717) is 0 Å². The van der Waals surface area contributed by atoms with E-state index in [4.69, 9.17) is 4.74 Å². The molecule has 0 atom stereocenters. The Balaban J connectivity index is 1.72. The second kappa shape index (κ2) is 6.11. The van der Waals surface area contributed by atoms with Crippen molar-refractivity contribution >= 4 is 5.69 Å². The summed E-state index contributed by atoms with van der Waals surface area (Å²) in [6.45, 7) is 11.4. The first-order chi connectivity index (χ1) is 10.5. The molecule has 0 amide bonds. The number of rotatable bonds is 3. The molecule has 0 spiro atoms. The van der Waals surface area contributed by atoms with Crippen LogP contribution in [0.4, 0.5) is 5.69 Å². The fourth-order valence-electron chi connectivity index (χ4n) is 3.49. The van der Waals surface area contributed by atoms with Crippen molar-refractivity contribution in [2.24, 2.45) is 0 Å². The number of methoxy groups -OCH3 is 1. The smallest absolute Gasteiger partial charge is 0.142 e. The predicted molar refractivity (Wildman–Crippen MR) is 93.1 cm³/mol. The van der Waals surface area contributed by atoms with Crippen LogP contribution in [-0.4, -0.2) is 44.2 Å². The van der Waals surface area contributed by atoms with Crippen molar-refractivity contribution in [2.45, 2.75) is 51.5 Å². The van der Waals surface area contributed by atoms with E-state index in [2.05, 4.69) is 48.8 Å². The molecule has 1 aliphatic heterocycles. The van der Waals surface area contributed by atoms with Crippen LogP contribution in [0.1, 0.15) is 45.6 Å². The van der Waals surface area contributed by atoms with Crippen molar-refractivity contribution in [2.75, 3.05) is 38.2 Å². The quantitative estimate of drug-likeness (QED) is 0.847. The van der Waals surface area contributed by atoms with Crippen molar-refractivity contribution < 1.29 is 4.74 Å². The molecule has 1 aromatic rings. The van der Waals surface area contributed by atoms with Gasteiger partial charge in [0.2, 0.25) is 0 Å². The van der Waals surface area contributed by atoms with Gasteiger partial charge in [-0.25, -0.2) is 0 Å². The second-order valence-corrected chi connectivity index (χ2v) is 7.74. The molecule has 22 heavy (non-hydrogen) atoms. The minimum absolute atomic E-state index is 0.161. The van der Waals surface area contributed by atoms with Gasteiger partial charge in [-0.15, -0.1) is 0 Å². The van der Waals surface area contributed by atoms with Crippen LogP contribution in [0.25, 0.3) is 0 Å². The topological polar surface area (TPSA) is 15.7 Å². The average Bonchev–Trinajstić information content (AvgIpc) is 2.45. The summed E-state index contributed by atoms with van der Waals surface area (Å²) >= 11 is 0. The molecule has 3 heteroatoms. The van der Waals surface area contributed by atoms with Crippen LogP contribution in [-0.2, 0) is 5.41 Å². The Morgan fingerprint density at radius 2 is 1.73 bits per heavy atom. The summed E-state index contributed by atoms with van der Waals surface area (Å²) in [4.78, 5) is 5.16. The van der Waals surface area contributed by atoms with Gasteiger partial charge in [0.25, 0.3) is 0 Å². The van der Waals surface area contributed by atoms with Gasteiger partial charge in [0, 0.05) is 32.2 Å². The lowest BCUT2D eigenvalue weighted by atomic mass is 9.86. The molecular formula is C19H30N2O. The Kier molecular flexibility index (Phi) is 4.35. The number of hydrogen-bond donors (Lipinski definition) is 0. The molecule has 1 saturated heterocycles. The molecule has 2 aliphatic rings. The Morgan fingerprint density at radius 1 is 1.05 bits per heavy atom. The van der Waals surface area contributed by atoms with Crippen molar-refractivity contribution in [1.82, 2.24) is 4.90 Å². The van der Waals surface area contributed by atoms with Crippen LogP contribution in [0.15, 0.2) is 18.2 Å². The predicted octanol–water partition coefficient (Wildman–Crippen LogP) is 3.67. The highest BCUT2D eigenvalue weighted by atomic mass is 16.5. The third-order valence-corrected chi connectivity index (χ3v) is 5.29. The zero-order valence-electron chi connectivity index (χ0n) is 14.6. The zero-order chi connectivity index (χ0) is 15.7. The number of anilines is 1.